The average Bonchev–Trinajstić information content (AvgIpc) is 2.82. The second-order valence-electron chi connectivity index (χ2n) is 4.04. The summed E-state index contributed by atoms with van der Waals surface area (Å²) in [6.07, 6.45) is 1.66. The Morgan fingerprint density at radius 2 is 2.28 bits per heavy atom. The third-order valence-corrected chi connectivity index (χ3v) is 2.89. The van der Waals surface area contributed by atoms with Crippen molar-refractivity contribution in [1.82, 2.24) is 9.97 Å². The van der Waals surface area contributed by atoms with Gasteiger partial charge in [0.2, 0.25) is 0 Å². The third-order valence-electron chi connectivity index (χ3n) is 2.89. The second kappa shape index (κ2) is 4.00. The summed E-state index contributed by atoms with van der Waals surface area (Å²) in [4.78, 5) is 18.2. The number of aromatic amines is 1. The van der Waals surface area contributed by atoms with Crippen LogP contribution in [0.3, 0.4) is 0 Å². The molecule has 5 nitrogen and oxygen atoms in total. The SMILES string of the molecule is N#Cc1cnc(C2Cc3ccccc3O2)[nH]c1=O. The van der Waals surface area contributed by atoms with Crippen LogP contribution >= 0.6 is 0 Å². The van der Waals surface area contributed by atoms with E-state index in [1.54, 1.807) is 6.07 Å². The minimum atomic E-state index is -0.429. The predicted molar refractivity (Wildman–Crippen MR) is 63.1 cm³/mol. The average molecular weight is 239 g/mol. The maximum absolute atomic E-state index is 11.5. The molecule has 0 bridgehead atoms. The van der Waals surface area contributed by atoms with E-state index < -0.39 is 5.56 Å². The van der Waals surface area contributed by atoms with E-state index in [4.69, 9.17) is 10.00 Å². The van der Waals surface area contributed by atoms with E-state index >= 15 is 0 Å². The molecule has 1 aliphatic heterocycles. The first-order valence-corrected chi connectivity index (χ1v) is 5.52. The van der Waals surface area contributed by atoms with Crippen LogP contribution in [0.4, 0.5) is 0 Å². The summed E-state index contributed by atoms with van der Waals surface area (Å²) in [7, 11) is 0. The molecule has 1 atom stereocenters. The summed E-state index contributed by atoms with van der Waals surface area (Å²) in [5.41, 5.74) is 0.672. The molecule has 0 fully saturated rings. The lowest BCUT2D eigenvalue weighted by atomic mass is 10.1. The number of nitrogens with one attached hydrogen (secondary N) is 1. The van der Waals surface area contributed by atoms with Gasteiger partial charge in [-0.3, -0.25) is 4.79 Å². The maximum Gasteiger partial charge on any atom is 0.268 e. The Bertz CT molecular complexity index is 675. The molecule has 0 aliphatic carbocycles. The zero-order chi connectivity index (χ0) is 12.5. The molecule has 1 aliphatic rings. The topological polar surface area (TPSA) is 78.8 Å². The zero-order valence-corrected chi connectivity index (χ0v) is 9.38. The fourth-order valence-corrected chi connectivity index (χ4v) is 1.99. The Hall–Kier alpha value is -2.61. The molecule has 2 aromatic rings. The highest BCUT2D eigenvalue weighted by molar-refractivity contribution is 5.38. The Kier molecular flexibility index (Phi) is 2.34. The van der Waals surface area contributed by atoms with Crippen LogP contribution < -0.4 is 10.3 Å². The number of hydrogen-bond acceptors (Lipinski definition) is 4. The smallest absolute Gasteiger partial charge is 0.268 e. The lowest BCUT2D eigenvalue weighted by Gasteiger charge is -2.08. The van der Waals surface area contributed by atoms with Crippen molar-refractivity contribution < 1.29 is 4.74 Å². The van der Waals surface area contributed by atoms with Crippen LogP contribution in [0.2, 0.25) is 0 Å². The highest BCUT2D eigenvalue weighted by Gasteiger charge is 2.25. The monoisotopic (exact) mass is 239 g/mol. The van der Waals surface area contributed by atoms with Crippen LogP contribution in [0.15, 0.2) is 35.3 Å². The fourth-order valence-electron chi connectivity index (χ4n) is 1.99. The van der Waals surface area contributed by atoms with Gasteiger partial charge in [-0.25, -0.2) is 4.98 Å². The molecule has 0 saturated carbocycles. The number of nitrogens with zero attached hydrogens (tertiary/aromatic N) is 2. The maximum atomic E-state index is 11.5. The predicted octanol–water partition coefficient (Wildman–Crippen LogP) is 1.32. The van der Waals surface area contributed by atoms with Gasteiger partial charge in [0, 0.05) is 6.42 Å². The number of rotatable bonds is 1. The quantitative estimate of drug-likeness (QED) is 0.813. The van der Waals surface area contributed by atoms with Crippen LogP contribution in [-0.2, 0) is 6.42 Å². The number of hydrogen-bond donors (Lipinski definition) is 1. The summed E-state index contributed by atoms with van der Waals surface area (Å²) in [6, 6.07) is 9.50. The molecule has 0 amide bonds. The highest BCUT2D eigenvalue weighted by atomic mass is 16.5. The molecule has 88 valence electrons. The minimum absolute atomic E-state index is 0.00858. The molecular weight excluding hydrogens is 230 g/mol. The number of nitriles is 1. The molecule has 1 unspecified atom stereocenters. The molecule has 0 spiro atoms. The van der Waals surface area contributed by atoms with Crippen LogP contribution in [-0.4, -0.2) is 9.97 Å². The Labute approximate surface area is 103 Å². The van der Waals surface area contributed by atoms with Crippen molar-refractivity contribution in [2.24, 2.45) is 0 Å². The molecule has 1 aromatic carbocycles. The number of fused-ring (bicyclic) bond motifs is 1. The first-order valence-electron chi connectivity index (χ1n) is 5.52. The molecule has 2 heterocycles. The van der Waals surface area contributed by atoms with E-state index in [1.807, 2.05) is 24.3 Å². The summed E-state index contributed by atoms with van der Waals surface area (Å²) in [5, 5.41) is 8.68. The van der Waals surface area contributed by atoms with Gasteiger partial charge in [0.15, 0.2) is 11.9 Å². The van der Waals surface area contributed by atoms with Crippen molar-refractivity contribution in [2.45, 2.75) is 12.5 Å². The number of ether oxygens (including phenoxy) is 1. The van der Waals surface area contributed by atoms with Gasteiger partial charge in [-0.2, -0.15) is 5.26 Å². The van der Waals surface area contributed by atoms with Gasteiger partial charge in [0.25, 0.3) is 5.56 Å². The van der Waals surface area contributed by atoms with Gasteiger partial charge in [0.05, 0.1) is 6.20 Å². The lowest BCUT2D eigenvalue weighted by Crippen LogP contribution is -2.18. The Balaban J connectivity index is 1.94. The molecule has 5 heteroatoms. The number of aromatic nitrogens is 2. The fraction of sp³-hybridized carbons (Fsp3) is 0.154. The normalized spacial score (nSPS) is 16.7. The van der Waals surface area contributed by atoms with Crippen molar-refractivity contribution in [1.29, 1.82) is 5.26 Å². The molecule has 0 radical (unpaired) electrons. The third kappa shape index (κ3) is 1.64. The van der Waals surface area contributed by atoms with Gasteiger partial charge in [-0.1, -0.05) is 18.2 Å². The Morgan fingerprint density at radius 3 is 3.00 bits per heavy atom. The highest BCUT2D eigenvalue weighted by Crippen LogP contribution is 2.34. The van der Waals surface area contributed by atoms with E-state index in [0.29, 0.717) is 12.2 Å². The minimum Gasteiger partial charge on any atom is -0.482 e. The summed E-state index contributed by atoms with van der Waals surface area (Å²) in [5.74, 6) is 1.27. The van der Waals surface area contributed by atoms with Gasteiger partial charge in [-0.05, 0) is 11.6 Å². The summed E-state index contributed by atoms with van der Waals surface area (Å²) >= 11 is 0. The van der Waals surface area contributed by atoms with E-state index in [-0.39, 0.29) is 11.7 Å². The first kappa shape index (κ1) is 10.5. The molecule has 18 heavy (non-hydrogen) atoms. The second-order valence-corrected chi connectivity index (χ2v) is 4.04. The van der Waals surface area contributed by atoms with Crippen LogP contribution in [0.1, 0.15) is 23.1 Å². The molecule has 3 rings (SSSR count). The van der Waals surface area contributed by atoms with Crippen LogP contribution in [0.25, 0.3) is 0 Å². The van der Waals surface area contributed by atoms with E-state index in [2.05, 4.69) is 9.97 Å². The van der Waals surface area contributed by atoms with E-state index in [9.17, 15) is 4.79 Å². The van der Waals surface area contributed by atoms with Crippen LogP contribution in [0.5, 0.6) is 5.75 Å². The van der Waals surface area contributed by atoms with E-state index in [0.717, 1.165) is 11.3 Å². The van der Waals surface area contributed by atoms with Gasteiger partial charge >= 0.3 is 0 Å². The Morgan fingerprint density at radius 1 is 1.44 bits per heavy atom. The molecule has 1 aromatic heterocycles. The van der Waals surface area contributed by atoms with Gasteiger partial charge in [-0.15, -0.1) is 0 Å². The zero-order valence-electron chi connectivity index (χ0n) is 9.38. The number of H-pyrrole nitrogens is 1. The molecule has 0 saturated heterocycles. The molecular formula is C13H9N3O2. The standard InChI is InChI=1S/C13H9N3O2/c14-6-9-7-15-12(16-13(9)17)11-5-8-3-1-2-4-10(8)18-11/h1-4,7,11H,5H2,(H,15,16,17). The largest absolute Gasteiger partial charge is 0.482 e. The molecule has 1 N–H and O–H groups in total. The van der Waals surface area contributed by atoms with E-state index in [1.165, 1.54) is 6.20 Å². The van der Waals surface area contributed by atoms with Gasteiger partial charge < -0.3 is 9.72 Å². The summed E-state index contributed by atoms with van der Waals surface area (Å²) in [6.45, 7) is 0. The summed E-state index contributed by atoms with van der Waals surface area (Å²) < 4.78 is 5.71. The van der Waals surface area contributed by atoms with Crippen molar-refractivity contribution in [3.8, 4) is 11.8 Å². The van der Waals surface area contributed by atoms with Gasteiger partial charge in [0.1, 0.15) is 17.4 Å². The first-order chi connectivity index (χ1) is 8.78. The van der Waals surface area contributed by atoms with Crippen LogP contribution in [0, 0.1) is 11.3 Å². The van der Waals surface area contributed by atoms with Crippen molar-refractivity contribution in [3.05, 3.63) is 57.8 Å². The van der Waals surface area contributed by atoms with Crippen molar-refractivity contribution in [2.75, 3.05) is 0 Å². The van der Waals surface area contributed by atoms with Crippen molar-refractivity contribution >= 4 is 0 Å². The van der Waals surface area contributed by atoms with Crippen molar-refractivity contribution in [3.63, 3.8) is 0 Å². The number of benzene rings is 1. The number of para-hydroxylation sites is 1. The lowest BCUT2D eigenvalue weighted by molar-refractivity contribution is 0.227.